The Morgan fingerprint density at radius 3 is 2.59 bits per heavy atom. The highest BCUT2D eigenvalue weighted by Crippen LogP contribution is 2.29. The molecule has 0 aromatic heterocycles. The Hall–Kier alpha value is -2.74. The molecule has 6 nitrogen and oxygen atoms in total. The Morgan fingerprint density at radius 1 is 1.21 bits per heavy atom. The van der Waals surface area contributed by atoms with Crippen LogP contribution in [0.25, 0.3) is 0 Å². The summed E-state index contributed by atoms with van der Waals surface area (Å²) in [5.74, 6) is -1.80. The number of benzene rings is 2. The summed E-state index contributed by atoms with van der Waals surface area (Å²) in [5.41, 5.74) is 1.59. The smallest absolute Gasteiger partial charge is 0.229 e. The molecule has 2 amide bonds. The maximum absolute atomic E-state index is 14.1. The summed E-state index contributed by atoms with van der Waals surface area (Å²) in [6, 6.07) is 10.8. The van der Waals surface area contributed by atoms with Gasteiger partial charge < -0.3 is 10.2 Å². The largest absolute Gasteiger partial charge is 0.323 e. The lowest BCUT2D eigenvalue weighted by atomic mass is 10.0. The normalized spacial score (nSPS) is 17.1. The molecule has 8 heteroatoms. The van der Waals surface area contributed by atoms with E-state index in [9.17, 15) is 22.4 Å². The molecule has 0 radical (unpaired) electrons. The molecule has 0 spiro atoms. The van der Waals surface area contributed by atoms with Crippen LogP contribution in [0.3, 0.4) is 0 Å². The topological polar surface area (TPSA) is 83.6 Å². The summed E-state index contributed by atoms with van der Waals surface area (Å²) < 4.78 is 37.4. The maximum atomic E-state index is 14.1. The van der Waals surface area contributed by atoms with Gasteiger partial charge in [-0.15, -0.1) is 0 Å². The third-order valence-corrected chi connectivity index (χ3v) is 6.08. The molecule has 1 fully saturated rings. The van der Waals surface area contributed by atoms with Crippen LogP contribution in [0, 0.1) is 11.7 Å². The molecule has 29 heavy (non-hydrogen) atoms. The second kappa shape index (κ2) is 7.94. The van der Waals surface area contributed by atoms with Crippen LogP contribution in [-0.2, 0) is 19.4 Å². The van der Waals surface area contributed by atoms with Gasteiger partial charge in [0.05, 0.1) is 16.5 Å². The van der Waals surface area contributed by atoms with Crippen molar-refractivity contribution < 1.29 is 22.4 Å². The molecule has 154 valence electrons. The van der Waals surface area contributed by atoms with E-state index in [0.717, 1.165) is 35.7 Å². The number of hydrogen-bond donors (Lipinski definition) is 1. The van der Waals surface area contributed by atoms with Crippen molar-refractivity contribution in [3.05, 3.63) is 53.8 Å². The predicted molar refractivity (Wildman–Crippen MR) is 109 cm³/mol. The molecular weight excluding hydrogens is 395 g/mol. The molecular formula is C21H23FN2O4S. The Morgan fingerprint density at radius 2 is 1.93 bits per heavy atom. The molecule has 1 unspecified atom stereocenters. The average Bonchev–Trinajstić information content (AvgIpc) is 3.04. The van der Waals surface area contributed by atoms with Gasteiger partial charge in [0, 0.05) is 24.9 Å². The molecule has 1 aliphatic rings. The van der Waals surface area contributed by atoms with Crippen molar-refractivity contribution in [2.45, 2.75) is 31.1 Å². The summed E-state index contributed by atoms with van der Waals surface area (Å²) in [6.45, 7) is 4.29. The van der Waals surface area contributed by atoms with Gasteiger partial charge in [-0.1, -0.05) is 26.0 Å². The lowest BCUT2D eigenvalue weighted by Crippen LogP contribution is -2.28. The van der Waals surface area contributed by atoms with E-state index in [4.69, 9.17) is 0 Å². The third kappa shape index (κ3) is 4.64. The highest BCUT2D eigenvalue weighted by molar-refractivity contribution is 7.90. The average molecular weight is 418 g/mol. The zero-order chi connectivity index (χ0) is 21.3. The molecule has 2 aromatic rings. The van der Waals surface area contributed by atoms with E-state index >= 15 is 0 Å². The van der Waals surface area contributed by atoms with Crippen LogP contribution in [0.1, 0.15) is 31.7 Å². The summed E-state index contributed by atoms with van der Waals surface area (Å²) in [4.78, 5) is 26.5. The van der Waals surface area contributed by atoms with E-state index in [-0.39, 0.29) is 29.5 Å². The number of anilines is 2. The first-order chi connectivity index (χ1) is 13.6. The summed E-state index contributed by atoms with van der Waals surface area (Å²) in [5, 5.41) is 2.43. The zero-order valence-corrected chi connectivity index (χ0v) is 17.3. The number of nitrogens with one attached hydrogen (secondary N) is 1. The molecule has 1 aliphatic heterocycles. The number of sulfone groups is 1. The minimum absolute atomic E-state index is 0.00508. The van der Waals surface area contributed by atoms with E-state index < -0.39 is 27.5 Å². The number of halogens is 1. The second-order valence-corrected chi connectivity index (χ2v) is 9.57. The highest BCUT2D eigenvalue weighted by atomic mass is 32.2. The standard InChI is InChI=1S/C21H23FN2O4S/c1-13(2)14-5-4-6-16(9-14)24-12-15(10-20(24)25)21(26)23-19-11-17(29(3,27)28)7-8-18(19)22/h4-9,11,13,15H,10,12H2,1-3H3,(H,23,26). The van der Waals surface area contributed by atoms with Gasteiger partial charge in [0.15, 0.2) is 9.84 Å². The number of amides is 2. The van der Waals surface area contributed by atoms with Crippen LogP contribution in [-0.4, -0.2) is 33.0 Å². The monoisotopic (exact) mass is 418 g/mol. The number of hydrogen-bond acceptors (Lipinski definition) is 4. The van der Waals surface area contributed by atoms with Crippen molar-refractivity contribution in [2.75, 3.05) is 23.0 Å². The van der Waals surface area contributed by atoms with Crippen molar-refractivity contribution >= 4 is 33.0 Å². The van der Waals surface area contributed by atoms with E-state index in [1.165, 1.54) is 0 Å². The Balaban J connectivity index is 1.77. The van der Waals surface area contributed by atoms with Gasteiger partial charge >= 0.3 is 0 Å². The maximum Gasteiger partial charge on any atom is 0.229 e. The molecule has 1 saturated heterocycles. The summed E-state index contributed by atoms with van der Waals surface area (Å²) >= 11 is 0. The van der Waals surface area contributed by atoms with E-state index in [1.54, 1.807) is 4.90 Å². The Labute approximate surface area is 169 Å². The van der Waals surface area contributed by atoms with Crippen molar-refractivity contribution in [1.82, 2.24) is 0 Å². The van der Waals surface area contributed by atoms with Gasteiger partial charge in [-0.2, -0.15) is 0 Å². The molecule has 0 saturated carbocycles. The summed E-state index contributed by atoms with van der Waals surface area (Å²) in [6.07, 6.45) is 1.01. The van der Waals surface area contributed by atoms with Crippen molar-refractivity contribution in [3.63, 3.8) is 0 Å². The predicted octanol–water partition coefficient (Wildman–Crippen LogP) is 3.34. The number of nitrogens with zero attached hydrogens (tertiary/aromatic N) is 1. The van der Waals surface area contributed by atoms with Crippen LogP contribution in [0.5, 0.6) is 0 Å². The van der Waals surface area contributed by atoms with Gasteiger partial charge in [0.2, 0.25) is 11.8 Å². The van der Waals surface area contributed by atoms with E-state index in [0.29, 0.717) is 5.92 Å². The highest BCUT2D eigenvalue weighted by Gasteiger charge is 2.35. The van der Waals surface area contributed by atoms with Crippen molar-refractivity contribution in [3.8, 4) is 0 Å². The minimum Gasteiger partial charge on any atom is -0.323 e. The molecule has 1 N–H and O–H groups in total. The third-order valence-electron chi connectivity index (χ3n) is 4.97. The van der Waals surface area contributed by atoms with Gasteiger partial charge in [-0.25, -0.2) is 12.8 Å². The molecule has 0 bridgehead atoms. The lowest BCUT2D eigenvalue weighted by Gasteiger charge is -2.18. The van der Waals surface area contributed by atoms with Gasteiger partial charge in [0.25, 0.3) is 0 Å². The number of rotatable bonds is 5. The van der Waals surface area contributed by atoms with Gasteiger partial charge in [0.1, 0.15) is 5.82 Å². The number of carbonyl (C=O) groups is 2. The zero-order valence-electron chi connectivity index (χ0n) is 16.5. The molecule has 1 heterocycles. The first kappa shape index (κ1) is 21.0. The van der Waals surface area contributed by atoms with Crippen molar-refractivity contribution in [2.24, 2.45) is 5.92 Å². The lowest BCUT2D eigenvalue weighted by molar-refractivity contribution is -0.122. The van der Waals surface area contributed by atoms with Crippen LogP contribution >= 0.6 is 0 Å². The van der Waals surface area contributed by atoms with Crippen LogP contribution in [0.4, 0.5) is 15.8 Å². The summed E-state index contributed by atoms with van der Waals surface area (Å²) in [7, 11) is -3.54. The Bertz CT molecular complexity index is 1070. The first-order valence-electron chi connectivity index (χ1n) is 9.27. The van der Waals surface area contributed by atoms with Crippen LogP contribution in [0.2, 0.25) is 0 Å². The fourth-order valence-electron chi connectivity index (χ4n) is 3.25. The van der Waals surface area contributed by atoms with E-state index in [2.05, 4.69) is 19.2 Å². The van der Waals surface area contributed by atoms with Crippen molar-refractivity contribution in [1.29, 1.82) is 0 Å². The second-order valence-electron chi connectivity index (χ2n) is 7.56. The fraction of sp³-hybridized carbons (Fsp3) is 0.333. The quantitative estimate of drug-likeness (QED) is 0.755. The Kier molecular flexibility index (Phi) is 5.75. The molecule has 1 atom stereocenters. The van der Waals surface area contributed by atoms with Gasteiger partial charge in [-0.05, 0) is 41.8 Å². The van der Waals surface area contributed by atoms with Crippen LogP contribution < -0.4 is 10.2 Å². The number of carbonyl (C=O) groups excluding carboxylic acids is 2. The molecule has 3 rings (SSSR count). The molecule has 0 aliphatic carbocycles. The first-order valence-corrected chi connectivity index (χ1v) is 11.2. The SMILES string of the molecule is CC(C)c1cccc(N2CC(C(=O)Nc3cc(S(C)(=O)=O)ccc3F)CC2=O)c1. The van der Waals surface area contributed by atoms with Gasteiger partial charge in [-0.3, -0.25) is 9.59 Å². The van der Waals surface area contributed by atoms with Crippen LogP contribution in [0.15, 0.2) is 47.4 Å². The van der Waals surface area contributed by atoms with E-state index in [1.807, 2.05) is 24.3 Å². The minimum atomic E-state index is -3.54. The fourth-order valence-corrected chi connectivity index (χ4v) is 3.90. The molecule has 2 aromatic carbocycles.